The molecule has 0 spiro atoms. The molecule has 1 nitrogen and oxygen atoms in total. The van der Waals surface area contributed by atoms with Gasteiger partial charge in [0.25, 0.3) is 0 Å². The molecule has 2 aliphatic rings. The molecule has 2 aliphatic carbocycles. The Balaban J connectivity index is 2.29. The third-order valence-corrected chi connectivity index (χ3v) is 5.37. The molecule has 17 heavy (non-hydrogen) atoms. The van der Waals surface area contributed by atoms with Crippen LogP contribution in [0.25, 0.3) is 0 Å². The summed E-state index contributed by atoms with van der Waals surface area (Å²) in [6.45, 7) is 9.50. The van der Waals surface area contributed by atoms with Crippen LogP contribution in [-0.4, -0.2) is 11.7 Å². The van der Waals surface area contributed by atoms with Crippen molar-refractivity contribution in [3.63, 3.8) is 0 Å². The van der Waals surface area contributed by atoms with Crippen LogP contribution in [0.5, 0.6) is 0 Å². The zero-order valence-electron chi connectivity index (χ0n) is 11.7. The van der Waals surface area contributed by atoms with Crippen LogP contribution in [-0.2, 0) is 0 Å². The summed E-state index contributed by atoms with van der Waals surface area (Å²) in [7, 11) is 0. The van der Waals surface area contributed by atoms with Crippen molar-refractivity contribution in [3.05, 3.63) is 23.3 Å². The minimum Gasteiger partial charge on any atom is -0.396 e. The fourth-order valence-corrected chi connectivity index (χ4v) is 4.01. The van der Waals surface area contributed by atoms with Gasteiger partial charge in [0.15, 0.2) is 0 Å². The monoisotopic (exact) mass is 234 g/mol. The van der Waals surface area contributed by atoms with Crippen LogP contribution in [0.4, 0.5) is 0 Å². The van der Waals surface area contributed by atoms with Gasteiger partial charge in [-0.25, -0.2) is 0 Å². The Kier molecular flexibility index (Phi) is 3.24. The van der Waals surface area contributed by atoms with E-state index in [0.29, 0.717) is 12.5 Å². The summed E-state index contributed by atoms with van der Waals surface area (Å²) in [5.41, 5.74) is 3.34. The van der Waals surface area contributed by atoms with Crippen LogP contribution >= 0.6 is 0 Å². The van der Waals surface area contributed by atoms with E-state index < -0.39 is 0 Å². The fourth-order valence-electron chi connectivity index (χ4n) is 4.01. The minimum atomic E-state index is 0.122. The predicted molar refractivity (Wildman–Crippen MR) is 72.8 cm³/mol. The van der Waals surface area contributed by atoms with Crippen molar-refractivity contribution < 1.29 is 5.11 Å². The quantitative estimate of drug-likeness (QED) is 0.714. The summed E-state index contributed by atoms with van der Waals surface area (Å²) >= 11 is 0. The maximum Gasteiger partial charge on any atom is 0.0493 e. The molecule has 96 valence electrons. The van der Waals surface area contributed by atoms with Crippen molar-refractivity contribution in [2.45, 2.75) is 53.4 Å². The van der Waals surface area contributed by atoms with E-state index in [4.69, 9.17) is 0 Å². The molecule has 1 N–H and O–H groups in total. The Bertz CT molecular complexity index is 362. The van der Waals surface area contributed by atoms with Crippen molar-refractivity contribution in [3.8, 4) is 0 Å². The lowest BCUT2D eigenvalue weighted by Crippen LogP contribution is -2.42. The Morgan fingerprint density at radius 1 is 1.29 bits per heavy atom. The lowest BCUT2D eigenvalue weighted by Gasteiger charge is -2.47. The van der Waals surface area contributed by atoms with Crippen LogP contribution in [0, 0.1) is 16.7 Å². The summed E-state index contributed by atoms with van der Waals surface area (Å²) in [4.78, 5) is 0. The van der Waals surface area contributed by atoms with E-state index in [1.54, 1.807) is 0 Å². The van der Waals surface area contributed by atoms with E-state index in [1.165, 1.54) is 11.1 Å². The second kappa shape index (κ2) is 4.28. The summed E-state index contributed by atoms with van der Waals surface area (Å²) < 4.78 is 0. The molecule has 2 rings (SSSR count). The van der Waals surface area contributed by atoms with Crippen molar-refractivity contribution in [1.82, 2.24) is 0 Å². The molecule has 1 heteroatoms. The topological polar surface area (TPSA) is 20.2 Å². The van der Waals surface area contributed by atoms with Gasteiger partial charge in [-0.2, -0.15) is 0 Å². The van der Waals surface area contributed by atoms with Gasteiger partial charge < -0.3 is 5.11 Å². The van der Waals surface area contributed by atoms with Gasteiger partial charge >= 0.3 is 0 Å². The summed E-state index contributed by atoms with van der Waals surface area (Å²) in [5, 5.41) is 9.99. The number of aliphatic hydroxyl groups excluding tert-OH is 1. The number of hydrogen-bond donors (Lipinski definition) is 1. The first-order chi connectivity index (χ1) is 7.92. The maximum absolute atomic E-state index is 9.99. The highest BCUT2D eigenvalue weighted by molar-refractivity contribution is 5.23. The van der Waals surface area contributed by atoms with E-state index >= 15 is 0 Å². The molecule has 0 fully saturated rings. The van der Waals surface area contributed by atoms with E-state index in [9.17, 15) is 5.11 Å². The first-order valence-electron chi connectivity index (χ1n) is 6.86. The van der Waals surface area contributed by atoms with Crippen molar-refractivity contribution in [2.24, 2.45) is 16.7 Å². The molecular weight excluding hydrogens is 208 g/mol. The van der Waals surface area contributed by atoms with E-state index in [1.807, 2.05) is 0 Å². The van der Waals surface area contributed by atoms with Crippen molar-refractivity contribution in [1.29, 1.82) is 0 Å². The molecule has 0 bridgehead atoms. The second-order valence-electron chi connectivity index (χ2n) is 6.68. The van der Waals surface area contributed by atoms with Gasteiger partial charge in [0.1, 0.15) is 0 Å². The van der Waals surface area contributed by atoms with Gasteiger partial charge in [-0.05, 0) is 50.9 Å². The van der Waals surface area contributed by atoms with Crippen LogP contribution in [0.15, 0.2) is 23.3 Å². The zero-order valence-corrected chi connectivity index (χ0v) is 11.7. The molecule has 0 aromatic heterocycles. The first kappa shape index (κ1) is 12.9. The Labute approximate surface area is 106 Å². The van der Waals surface area contributed by atoms with Crippen LogP contribution < -0.4 is 0 Å². The summed E-state index contributed by atoms with van der Waals surface area (Å²) in [6, 6.07) is 0. The molecule has 2 unspecified atom stereocenters. The molecule has 0 heterocycles. The summed E-state index contributed by atoms with van der Waals surface area (Å²) in [5.74, 6) is 0.601. The molecule has 0 radical (unpaired) electrons. The second-order valence-corrected chi connectivity index (χ2v) is 6.68. The predicted octanol–water partition coefficient (Wildman–Crippen LogP) is 4.09. The number of allylic oxidation sites excluding steroid dienone is 4. The minimum absolute atomic E-state index is 0.122. The maximum atomic E-state index is 9.99. The third-order valence-electron chi connectivity index (χ3n) is 5.37. The lowest BCUT2D eigenvalue weighted by atomic mass is 9.58. The highest BCUT2D eigenvalue weighted by atomic mass is 16.3. The van der Waals surface area contributed by atoms with E-state index in [2.05, 4.69) is 39.8 Å². The molecule has 0 saturated heterocycles. The molecule has 0 amide bonds. The fraction of sp³-hybridized carbons (Fsp3) is 0.750. The molecule has 0 saturated carbocycles. The number of aliphatic hydroxyl groups is 1. The lowest BCUT2D eigenvalue weighted by molar-refractivity contribution is 0.00684. The van der Waals surface area contributed by atoms with Crippen LogP contribution in [0.2, 0.25) is 0 Å². The highest BCUT2D eigenvalue weighted by Gasteiger charge is 2.48. The van der Waals surface area contributed by atoms with Gasteiger partial charge in [0, 0.05) is 12.0 Å². The normalized spacial score (nSPS) is 36.6. The van der Waals surface area contributed by atoms with E-state index in [0.717, 1.165) is 25.7 Å². The summed E-state index contributed by atoms with van der Waals surface area (Å²) in [6.07, 6.45) is 9.24. The number of rotatable bonds is 2. The molecular formula is C16H26O. The van der Waals surface area contributed by atoms with Gasteiger partial charge in [-0.1, -0.05) is 37.1 Å². The molecule has 2 atom stereocenters. The van der Waals surface area contributed by atoms with Gasteiger partial charge in [-0.3, -0.25) is 0 Å². The zero-order chi connectivity index (χ0) is 12.7. The van der Waals surface area contributed by atoms with Gasteiger partial charge in [-0.15, -0.1) is 0 Å². The smallest absolute Gasteiger partial charge is 0.0493 e. The number of hydrogen-bond acceptors (Lipinski definition) is 1. The first-order valence-corrected chi connectivity index (χ1v) is 6.86. The Hall–Kier alpha value is -0.560. The highest BCUT2D eigenvalue weighted by Crippen LogP contribution is 2.56. The molecule has 0 aromatic carbocycles. The van der Waals surface area contributed by atoms with Gasteiger partial charge in [0.05, 0.1) is 0 Å². The molecule has 0 aromatic rings. The van der Waals surface area contributed by atoms with E-state index in [-0.39, 0.29) is 10.8 Å². The average Bonchev–Trinajstić information content (AvgIpc) is 2.54. The molecule has 0 aliphatic heterocycles. The third kappa shape index (κ3) is 1.99. The Morgan fingerprint density at radius 2 is 2.00 bits per heavy atom. The largest absolute Gasteiger partial charge is 0.396 e. The SMILES string of the molecule is CC1=CCCC(CO)(C2CC=C(C)C2(C)C)C1. The van der Waals surface area contributed by atoms with Crippen molar-refractivity contribution in [2.75, 3.05) is 6.61 Å². The average molecular weight is 234 g/mol. The van der Waals surface area contributed by atoms with Crippen molar-refractivity contribution >= 4 is 0 Å². The van der Waals surface area contributed by atoms with Gasteiger partial charge in [0.2, 0.25) is 0 Å². The standard InChI is InChI=1S/C16H26O/c1-12-6-5-9-16(10-12,11-17)14-8-7-13(2)15(14,3)4/h6-7,14,17H,5,8-11H2,1-4H3. The van der Waals surface area contributed by atoms with Crippen LogP contribution in [0.1, 0.15) is 53.4 Å². The Morgan fingerprint density at radius 3 is 2.47 bits per heavy atom. The van der Waals surface area contributed by atoms with Crippen LogP contribution in [0.3, 0.4) is 0 Å².